The first-order chi connectivity index (χ1) is 17.2. The van der Waals surface area contributed by atoms with Crippen molar-refractivity contribution in [2.45, 2.75) is 64.5 Å². The Hall–Kier alpha value is -2.93. The first kappa shape index (κ1) is 23.8. The van der Waals surface area contributed by atoms with Crippen LogP contribution in [0.4, 0.5) is 0 Å². The van der Waals surface area contributed by atoms with E-state index >= 15 is 0 Å². The molecule has 1 aliphatic carbocycles. The fourth-order valence-electron chi connectivity index (χ4n) is 5.43. The number of hydrogen-bond donors (Lipinski definition) is 0. The number of amides is 2. The number of aromatic nitrogens is 2. The zero-order valence-corrected chi connectivity index (χ0v) is 20.6. The third-order valence-corrected chi connectivity index (χ3v) is 7.43. The quantitative estimate of drug-likeness (QED) is 0.571. The molecule has 186 valence electrons. The molecule has 35 heavy (non-hydrogen) atoms. The number of carbonyl (C=O) groups excluding carboxylic acids is 2. The average Bonchev–Trinajstić information content (AvgIpc) is 3.28. The van der Waals surface area contributed by atoms with Crippen molar-refractivity contribution in [2.24, 2.45) is 0 Å². The van der Waals surface area contributed by atoms with E-state index in [2.05, 4.69) is 30.3 Å². The van der Waals surface area contributed by atoms with Crippen molar-refractivity contribution in [1.82, 2.24) is 19.6 Å². The summed E-state index contributed by atoms with van der Waals surface area (Å²) in [7, 11) is 0. The molecule has 1 aromatic heterocycles. The number of carbonyl (C=O) groups is 2. The van der Waals surface area contributed by atoms with Crippen LogP contribution in [0.1, 0.15) is 65.8 Å². The van der Waals surface area contributed by atoms with Gasteiger partial charge in [-0.3, -0.25) is 14.3 Å². The molecule has 3 aliphatic rings. The van der Waals surface area contributed by atoms with Gasteiger partial charge in [0.2, 0.25) is 5.91 Å². The number of hydrogen-bond acceptors (Lipinski definition) is 4. The van der Waals surface area contributed by atoms with Gasteiger partial charge in [-0.05, 0) is 44.1 Å². The number of nitrogens with zero attached hydrogens (tertiary/aromatic N) is 4. The van der Waals surface area contributed by atoms with Crippen molar-refractivity contribution in [2.75, 3.05) is 32.8 Å². The molecule has 7 heteroatoms. The van der Waals surface area contributed by atoms with Crippen LogP contribution in [-0.4, -0.2) is 64.2 Å². The lowest BCUT2D eigenvalue weighted by molar-refractivity contribution is -0.131. The highest BCUT2D eigenvalue weighted by Gasteiger charge is 2.32. The third-order valence-electron chi connectivity index (χ3n) is 7.43. The zero-order chi connectivity index (χ0) is 24.0. The number of aryl methyl sites for hydroxylation is 2. The average molecular weight is 477 g/mol. The lowest BCUT2D eigenvalue weighted by Crippen LogP contribution is -2.42. The van der Waals surface area contributed by atoms with E-state index in [9.17, 15) is 9.59 Å². The van der Waals surface area contributed by atoms with Gasteiger partial charge in [0.25, 0.3) is 5.91 Å². The van der Waals surface area contributed by atoms with Crippen molar-refractivity contribution in [1.29, 1.82) is 0 Å². The summed E-state index contributed by atoms with van der Waals surface area (Å²) in [6.45, 7) is 4.24. The fraction of sp³-hybridized carbons (Fsp3) is 0.536. The first-order valence-electron chi connectivity index (χ1n) is 13.1. The smallest absolute Gasteiger partial charge is 0.274 e. The zero-order valence-electron chi connectivity index (χ0n) is 20.6. The molecule has 5 rings (SSSR count). The molecule has 0 N–H and O–H groups in total. The Bertz CT molecular complexity index is 1070. The third kappa shape index (κ3) is 5.67. The van der Waals surface area contributed by atoms with Crippen LogP contribution in [0.2, 0.25) is 0 Å². The van der Waals surface area contributed by atoms with E-state index in [-0.39, 0.29) is 11.8 Å². The minimum atomic E-state index is -0.0318. The SMILES string of the molecule is O=C(CC1=CCCCC1)N1CCc2c(c(C(=O)N3CCOCC3)nn2CCCc2ccccc2)C1. The van der Waals surface area contributed by atoms with Crippen LogP contribution in [0.15, 0.2) is 42.0 Å². The second-order valence-corrected chi connectivity index (χ2v) is 9.84. The van der Waals surface area contributed by atoms with E-state index < -0.39 is 0 Å². The molecule has 2 aromatic rings. The predicted octanol–water partition coefficient (Wildman–Crippen LogP) is 3.76. The molecular weight excluding hydrogens is 440 g/mol. The Morgan fingerprint density at radius 1 is 0.971 bits per heavy atom. The monoisotopic (exact) mass is 476 g/mol. The van der Waals surface area contributed by atoms with Gasteiger partial charge in [0, 0.05) is 56.8 Å². The Balaban J connectivity index is 1.33. The van der Waals surface area contributed by atoms with Gasteiger partial charge in [-0.2, -0.15) is 5.10 Å². The molecule has 3 heterocycles. The van der Waals surface area contributed by atoms with E-state index in [0.717, 1.165) is 49.9 Å². The molecule has 1 saturated heterocycles. The second-order valence-electron chi connectivity index (χ2n) is 9.84. The summed E-state index contributed by atoms with van der Waals surface area (Å²) in [4.78, 5) is 30.4. The molecule has 2 aliphatic heterocycles. The van der Waals surface area contributed by atoms with E-state index in [1.807, 2.05) is 20.5 Å². The van der Waals surface area contributed by atoms with Crippen LogP contribution in [-0.2, 0) is 35.5 Å². The van der Waals surface area contributed by atoms with E-state index in [1.54, 1.807) is 0 Å². The molecule has 7 nitrogen and oxygen atoms in total. The van der Waals surface area contributed by atoms with E-state index in [4.69, 9.17) is 9.84 Å². The van der Waals surface area contributed by atoms with Crippen molar-refractivity contribution < 1.29 is 14.3 Å². The Kier molecular flexibility index (Phi) is 7.62. The van der Waals surface area contributed by atoms with Gasteiger partial charge in [-0.25, -0.2) is 0 Å². The summed E-state index contributed by atoms with van der Waals surface area (Å²) in [5, 5.41) is 4.84. The number of allylic oxidation sites excluding steroid dienone is 1. The normalized spacial score (nSPS) is 18.2. The number of ether oxygens (including phenoxy) is 1. The first-order valence-corrected chi connectivity index (χ1v) is 13.1. The van der Waals surface area contributed by atoms with Crippen molar-refractivity contribution in [3.05, 3.63) is 64.5 Å². The molecule has 1 aromatic carbocycles. The highest BCUT2D eigenvalue weighted by Crippen LogP contribution is 2.27. The van der Waals surface area contributed by atoms with Crippen LogP contribution in [0.25, 0.3) is 0 Å². The van der Waals surface area contributed by atoms with Crippen LogP contribution in [0.3, 0.4) is 0 Å². The fourth-order valence-corrected chi connectivity index (χ4v) is 5.43. The standard InChI is InChI=1S/C28H36N4O3/c33-26(20-23-10-5-2-6-11-23)31-15-13-25-24(21-31)27(28(34)30-16-18-35-19-17-30)29-32(25)14-7-12-22-8-3-1-4-9-22/h1,3-4,8-10H,2,5-7,11-21H2. The summed E-state index contributed by atoms with van der Waals surface area (Å²) in [5.41, 5.74) is 5.17. The maximum absolute atomic E-state index is 13.5. The van der Waals surface area contributed by atoms with Gasteiger partial charge in [-0.1, -0.05) is 42.0 Å². The minimum Gasteiger partial charge on any atom is -0.378 e. The molecule has 0 radical (unpaired) electrons. The molecule has 2 amide bonds. The largest absolute Gasteiger partial charge is 0.378 e. The molecule has 0 unspecified atom stereocenters. The van der Waals surface area contributed by atoms with Gasteiger partial charge < -0.3 is 14.5 Å². The van der Waals surface area contributed by atoms with E-state index in [0.29, 0.717) is 51.5 Å². The van der Waals surface area contributed by atoms with Gasteiger partial charge in [0.15, 0.2) is 5.69 Å². The number of benzene rings is 1. The van der Waals surface area contributed by atoms with Gasteiger partial charge in [-0.15, -0.1) is 0 Å². The van der Waals surface area contributed by atoms with Crippen LogP contribution >= 0.6 is 0 Å². The lowest BCUT2D eigenvalue weighted by Gasteiger charge is -2.30. The van der Waals surface area contributed by atoms with Crippen molar-refractivity contribution in [3.8, 4) is 0 Å². The lowest BCUT2D eigenvalue weighted by atomic mass is 9.96. The highest BCUT2D eigenvalue weighted by molar-refractivity contribution is 5.94. The predicted molar refractivity (Wildman–Crippen MR) is 134 cm³/mol. The summed E-state index contributed by atoms with van der Waals surface area (Å²) in [6, 6.07) is 10.5. The van der Waals surface area contributed by atoms with Gasteiger partial charge in [0.05, 0.1) is 13.2 Å². The Morgan fingerprint density at radius 3 is 2.57 bits per heavy atom. The van der Waals surface area contributed by atoms with Crippen LogP contribution in [0.5, 0.6) is 0 Å². The minimum absolute atomic E-state index is 0.0318. The van der Waals surface area contributed by atoms with Crippen molar-refractivity contribution >= 4 is 11.8 Å². The Labute approximate surface area is 207 Å². The number of fused-ring (bicyclic) bond motifs is 1. The molecular formula is C28H36N4O3. The van der Waals surface area contributed by atoms with Gasteiger partial charge in [0.1, 0.15) is 0 Å². The van der Waals surface area contributed by atoms with Crippen LogP contribution in [0, 0.1) is 0 Å². The maximum Gasteiger partial charge on any atom is 0.274 e. The van der Waals surface area contributed by atoms with E-state index in [1.165, 1.54) is 24.0 Å². The topological polar surface area (TPSA) is 67.7 Å². The summed E-state index contributed by atoms with van der Waals surface area (Å²) in [5.74, 6) is 0.140. The molecule has 0 saturated carbocycles. The van der Waals surface area contributed by atoms with Gasteiger partial charge >= 0.3 is 0 Å². The Morgan fingerprint density at radius 2 is 1.80 bits per heavy atom. The summed E-state index contributed by atoms with van der Waals surface area (Å²) >= 11 is 0. The number of morpholine rings is 1. The van der Waals surface area contributed by atoms with Crippen LogP contribution < -0.4 is 0 Å². The highest BCUT2D eigenvalue weighted by atomic mass is 16.5. The molecule has 0 spiro atoms. The molecule has 0 atom stereocenters. The second kappa shape index (κ2) is 11.2. The summed E-state index contributed by atoms with van der Waals surface area (Å²) in [6.07, 6.45) is 9.95. The summed E-state index contributed by atoms with van der Waals surface area (Å²) < 4.78 is 7.48. The molecule has 1 fully saturated rings. The maximum atomic E-state index is 13.5. The molecule has 0 bridgehead atoms. The number of rotatable bonds is 7. The van der Waals surface area contributed by atoms with Crippen molar-refractivity contribution in [3.63, 3.8) is 0 Å².